The van der Waals surface area contributed by atoms with Crippen molar-refractivity contribution in [1.82, 2.24) is 10.6 Å². The summed E-state index contributed by atoms with van der Waals surface area (Å²) in [6.45, 7) is 12.4. The van der Waals surface area contributed by atoms with Crippen LogP contribution in [0.15, 0.2) is 48.6 Å². The number of carbonyl (C=O) groups is 4. The second kappa shape index (κ2) is 17.2. The van der Waals surface area contributed by atoms with Crippen LogP contribution < -0.4 is 21.3 Å². The molecule has 2 aromatic rings. The van der Waals surface area contributed by atoms with E-state index in [4.69, 9.17) is 0 Å². The van der Waals surface area contributed by atoms with Crippen molar-refractivity contribution in [2.45, 2.75) is 156 Å². The van der Waals surface area contributed by atoms with Gasteiger partial charge in [0.05, 0.1) is 22.5 Å². The van der Waals surface area contributed by atoms with Crippen LogP contribution in [-0.4, -0.2) is 35.7 Å². The molecule has 2 aromatic carbocycles. The Kier molecular flexibility index (Phi) is 12.3. The number of anilines is 2. The molecule has 6 saturated carbocycles. The molecule has 0 bridgehead atoms. The molecule has 68 heavy (non-hydrogen) atoms. The van der Waals surface area contributed by atoms with Gasteiger partial charge in [-0.05, 0) is 191 Å². The Morgan fingerprint density at radius 2 is 1.04 bits per heavy atom. The Labute approximate surface area is 396 Å². The standard InChI is InChI=1S/C27H35F3N2O2.C27H33F3N2O2/c2*1-15-4-6-19(27(28,29)30)21(14-15)31-24(34)20-8-7-17-16-5-9-22-26(3,13-11-23(33)32-22)18(16)10-12-25(17,20)2/h4,6,14,16-18,20,22H,5,7-13H2,1-3H3,(H,31,34)(H,32,33);4,6,11,13-14,16-18,20,22H,5,7-10,12H2,1-3H3,(H,31,34)(H,32,33)/t2*16?,17?,18?,20-,22-,25+,26-/m11/s1. The smallest absolute Gasteiger partial charge is 0.353 e. The number of nitrogens with one attached hydrogen (secondary N) is 4. The van der Waals surface area contributed by atoms with Crippen LogP contribution >= 0.6 is 0 Å². The summed E-state index contributed by atoms with van der Waals surface area (Å²) in [5.41, 5.74) is -0.914. The summed E-state index contributed by atoms with van der Waals surface area (Å²) in [6, 6.07) is 8.18. The Bertz CT molecular complexity index is 2380. The number of halogens is 6. The SMILES string of the molecule is Cc1ccc(C(F)(F)F)c(NC(=O)[C@H]2CCC3C4CC[C@H]5NC(=O)C=C[C@]5(C)C4CC[C@@]32C)c1.Cc1ccc(C(F)(F)F)c(NC(=O)[C@H]2CCC3C4CC[C@H]5NC(=O)CC[C@]5(C)C4CC[C@@]32C)c1. The molecule has 8 aliphatic rings. The van der Waals surface area contributed by atoms with Gasteiger partial charge in [0, 0.05) is 35.8 Å². The number of rotatable bonds is 4. The summed E-state index contributed by atoms with van der Waals surface area (Å²) >= 11 is 0. The zero-order chi connectivity index (χ0) is 48.9. The van der Waals surface area contributed by atoms with Crippen molar-refractivity contribution >= 4 is 35.0 Å². The second-order valence-corrected chi connectivity index (χ2v) is 23.2. The number of hydrogen-bond donors (Lipinski definition) is 4. The van der Waals surface area contributed by atoms with Crippen molar-refractivity contribution in [2.75, 3.05) is 10.6 Å². The molecule has 4 N–H and O–H groups in total. The monoisotopic (exact) mass is 951 g/mol. The number of fused-ring (bicyclic) bond motifs is 10. The van der Waals surface area contributed by atoms with Gasteiger partial charge in [0.1, 0.15) is 0 Å². The van der Waals surface area contributed by atoms with Crippen LogP contribution in [0, 0.1) is 82.9 Å². The van der Waals surface area contributed by atoms with Gasteiger partial charge in [0.25, 0.3) is 0 Å². The highest BCUT2D eigenvalue weighted by molar-refractivity contribution is 5.95. The third-order valence-corrected chi connectivity index (χ3v) is 19.9. The number of carbonyl (C=O) groups excluding carboxylic acids is 4. The predicted octanol–water partition coefficient (Wildman–Crippen LogP) is 12.0. The molecule has 370 valence electrons. The molecular weight excluding hydrogens is 883 g/mol. The predicted molar refractivity (Wildman–Crippen MR) is 248 cm³/mol. The van der Waals surface area contributed by atoms with E-state index < -0.39 is 23.5 Å². The summed E-state index contributed by atoms with van der Waals surface area (Å²) in [4.78, 5) is 50.8. The molecule has 2 aliphatic heterocycles. The van der Waals surface area contributed by atoms with Gasteiger partial charge < -0.3 is 21.3 Å². The van der Waals surface area contributed by atoms with Crippen LogP contribution in [0.1, 0.15) is 140 Å². The Balaban J connectivity index is 0.000000170. The number of piperidine rings is 1. The highest BCUT2D eigenvalue weighted by Gasteiger charge is 2.63. The van der Waals surface area contributed by atoms with E-state index in [-0.39, 0.29) is 80.6 Å². The average molecular weight is 951 g/mol. The zero-order valence-corrected chi connectivity index (χ0v) is 40.2. The van der Waals surface area contributed by atoms with Crippen LogP contribution in [0.4, 0.5) is 37.7 Å². The summed E-state index contributed by atoms with van der Waals surface area (Å²) < 4.78 is 81.3. The fourth-order valence-corrected chi connectivity index (χ4v) is 16.4. The van der Waals surface area contributed by atoms with Crippen LogP contribution in [0.2, 0.25) is 0 Å². The van der Waals surface area contributed by atoms with Gasteiger partial charge in [-0.3, -0.25) is 19.2 Å². The molecule has 10 rings (SSSR count). The molecule has 0 aromatic heterocycles. The first-order valence-corrected chi connectivity index (χ1v) is 25.1. The highest BCUT2D eigenvalue weighted by atomic mass is 19.4. The van der Waals surface area contributed by atoms with Gasteiger partial charge in [-0.1, -0.05) is 45.9 Å². The molecule has 7 fully saturated rings. The van der Waals surface area contributed by atoms with Gasteiger partial charge in [-0.25, -0.2) is 0 Å². The number of benzene rings is 2. The minimum Gasteiger partial charge on any atom is -0.353 e. The van der Waals surface area contributed by atoms with Gasteiger partial charge in [0.15, 0.2) is 0 Å². The van der Waals surface area contributed by atoms with Crippen molar-refractivity contribution in [3.05, 3.63) is 70.8 Å². The van der Waals surface area contributed by atoms with E-state index in [9.17, 15) is 45.5 Å². The van der Waals surface area contributed by atoms with E-state index in [1.165, 1.54) is 24.3 Å². The van der Waals surface area contributed by atoms with Gasteiger partial charge in [-0.2, -0.15) is 26.3 Å². The molecule has 8 nitrogen and oxygen atoms in total. The maximum Gasteiger partial charge on any atom is 0.418 e. The fourth-order valence-electron chi connectivity index (χ4n) is 16.4. The lowest BCUT2D eigenvalue weighted by molar-refractivity contribution is -0.140. The van der Waals surface area contributed by atoms with Crippen LogP contribution in [0.5, 0.6) is 0 Å². The normalized spacial score (nSPS) is 39.2. The van der Waals surface area contributed by atoms with Crippen LogP contribution in [0.3, 0.4) is 0 Å². The summed E-state index contributed by atoms with van der Waals surface area (Å²) in [5.74, 6) is 1.71. The Morgan fingerprint density at radius 1 is 0.574 bits per heavy atom. The molecule has 6 unspecified atom stereocenters. The molecule has 14 atom stereocenters. The van der Waals surface area contributed by atoms with E-state index >= 15 is 0 Å². The average Bonchev–Trinajstić information content (AvgIpc) is 3.80. The van der Waals surface area contributed by atoms with E-state index in [1.807, 2.05) is 0 Å². The molecule has 1 saturated heterocycles. The number of alkyl halides is 6. The molecule has 6 aliphatic carbocycles. The maximum atomic E-state index is 13.6. The molecule has 4 amide bonds. The first-order valence-electron chi connectivity index (χ1n) is 25.1. The molecule has 0 spiro atoms. The third kappa shape index (κ3) is 8.26. The quantitative estimate of drug-likeness (QED) is 0.228. The summed E-state index contributed by atoms with van der Waals surface area (Å²) in [7, 11) is 0. The van der Waals surface area contributed by atoms with Crippen molar-refractivity contribution < 1.29 is 45.5 Å². The molecule has 2 heterocycles. The third-order valence-electron chi connectivity index (χ3n) is 19.9. The van der Waals surface area contributed by atoms with Gasteiger partial charge in [-0.15, -0.1) is 0 Å². The maximum absolute atomic E-state index is 13.6. The topological polar surface area (TPSA) is 116 Å². The summed E-state index contributed by atoms with van der Waals surface area (Å²) in [5, 5.41) is 11.7. The van der Waals surface area contributed by atoms with Gasteiger partial charge >= 0.3 is 12.4 Å². The first-order chi connectivity index (χ1) is 31.9. The van der Waals surface area contributed by atoms with Crippen molar-refractivity contribution in [2.24, 2.45) is 69.0 Å². The lowest BCUT2D eigenvalue weighted by Crippen LogP contribution is -2.61. The van der Waals surface area contributed by atoms with Gasteiger partial charge in [0.2, 0.25) is 23.6 Å². The van der Waals surface area contributed by atoms with Crippen LogP contribution in [0.25, 0.3) is 0 Å². The first kappa shape index (κ1) is 48.7. The number of hydrogen-bond acceptors (Lipinski definition) is 4. The van der Waals surface area contributed by atoms with E-state index in [0.29, 0.717) is 59.5 Å². The van der Waals surface area contributed by atoms with E-state index in [1.54, 1.807) is 19.9 Å². The molecule has 0 radical (unpaired) electrons. The Morgan fingerprint density at radius 3 is 1.56 bits per heavy atom. The lowest BCUT2D eigenvalue weighted by atomic mass is 9.47. The lowest BCUT2D eigenvalue weighted by Gasteiger charge is -2.60. The molecular formula is C54H68F6N4O4. The van der Waals surface area contributed by atoms with E-state index in [0.717, 1.165) is 89.2 Å². The minimum atomic E-state index is -4.52. The number of amides is 4. The Hall–Kier alpha value is -4.36. The van der Waals surface area contributed by atoms with Crippen molar-refractivity contribution in [3.63, 3.8) is 0 Å². The largest absolute Gasteiger partial charge is 0.418 e. The second-order valence-electron chi connectivity index (χ2n) is 23.2. The fraction of sp³-hybridized carbons (Fsp3) is 0.667. The molecule has 14 heteroatoms. The minimum absolute atomic E-state index is 0.0199. The van der Waals surface area contributed by atoms with Crippen molar-refractivity contribution in [1.29, 1.82) is 0 Å². The number of aryl methyl sites for hydroxylation is 2. The van der Waals surface area contributed by atoms with Crippen LogP contribution in [-0.2, 0) is 31.5 Å². The van der Waals surface area contributed by atoms with E-state index in [2.05, 4.69) is 55.0 Å². The van der Waals surface area contributed by atoms with Crippen molar-refractivity contribution in [3.8, 4) is 0 Å². The summed E-state index contributed by atoms with van der Waals surface area (Å²) in [6.07, 6.45) is 7.28. The highest BCUT2D eigenvalue weighted by Crippen LogP contribution is 2.67. The zero-order valence-electron chi connectivity index (χ0n) is 40.2.